The lowest BCUT2D eigenvalue weighted by atomic mass is 10.0. The number of H-pyrrole nitrogens is 1. The van der Waals surface area contributed by atoms with Gasteiger partial charge in [-0.2, -0.15) is 13.2 Å². The number of halogens is 3. The molecule has 0 aliphatic heterocycles. The first-order chi connectivity index (χ1) is 7.98. The van der Waals surface area contributed by atoms with Crippen molar-refractivity contribution in [2.24, 2.45) is 0 Å². The quantitative estimate of drug-likeness (QED) is 0.745. The molecule has 0 unspecified atom stereocenters. The first-order valence-corrected chi connectivity index (χ1v) is 5.24. The molecule has 0 radical (unpaired) electrons. The van der Waals surface area contributed by atoms with Gasteiger partial charge in [0.2, 0.25) is 0 Å². The maximum absolute atomic E-state index is 12.8. The van der Waals surface area contributed by atoms with E-state index in [4.69, 9.17) is 12.2 Å². The van der Waals surface area contributed by atoms with E-state index in [1.807, 2.05) is 0 Å². The Hall–Kier alpha value is -1.62. The van der Waals surface area contributed by atoms with Crippen molar-refractivity contribution >= 4 is 12.2 Å². The van der Waals surface area contributed by atoms with Crippen molar-refractivity contribution < 1.29 is 13.2 Å². The molecule has 5 heteroatoms. The molecule has 1 aromatic carbocycles. The molecule has 88 valence electrons. The number of alkyl halides is 3. The molecule has 0 atom stereocenters. The highest BCUT2D eigenvalue weighted by molar-refractivity contribution is 7.71. The van der Waals surface area contributed by atoms with E-state index in [1.54, 1.807) is 30.3 Å². The van der Waals surface area contributed by atoms with E-state index in [0.29, 0.717) is 5.56 Å². The van der Waals surface area contributed by atoms with Gasteiger partial charge in [0.05, 0.1) is 5.56 Å². The Morgan fingerprint density at radius 3 is 2.29 bits per heavy atom. The summed E-state index contributed by atoms with van der Waals surface area (Å²) in [6.45, 7) is 0. The second-order valence-electron chi connectivity index (χ2n) is 3.49. The molecule has 1 nitrogen and oxygen atoms in total. The maximum Gasteiger partial charge on any atom is 0.418 e. The van der Waals surface area contributed by atoms with Crippen molar-refractivity contribution in [3.8, 4) is 11.1 Å². The lowest BCUT2D eigenvalue weighted by Gasteiger charge is -2.12. The zero-order valence-electron chi connectivity index (χ0n) is 8.58. The van der Waals surface area contributed by atoms with Gasteiger partial charge in [-0.1, -0.05) is 42.5 Å². The van der Waals surface area contributed by atoms with Crippen LogP contribution < -0.4 is 0 Å². The zero-order chi connectivity index (χ0) is 12.5. The van der Waals surface area contributed by atoms with E-state index in [2.05, 4.69) is 4.98 Å². The highest BCUT2D eigenvalue weighted by Crippen LogP contribution is 2.36. The second kappa shape index (κ2) is 4.33. The summed E-state index contributed by atoms with van der Waals surface area (Å²) in [5.41, 5.74) is -0.112. The molecular weight excluding hydrogens is 247 g/mol. The predicted molar refractivity (Wildman–Crippen MR) is 62.1 cm³/mol. The fourth-order valence-corrected chi connectivity index (χ4v) is 1.74. The van der Waals surface area contributed by atoms with Crippen molar-refractivity contribution in [3.63, 3.8) is 0 Å². The van der Waals surface area contributed by atoms with E-state index >= 15 is 0 Å². The topological polar surface area (TPSA) is 15.8 Å². The molecule has 0 amide bonds. The fourth-order valence-electron chi connectivity index (χ4n) is 1.56. The van der Waals surface area contributed by atoms with Crippen LogP contribution in [-0.2, 0) is 6.18 Å². The van der Waals surface area contributed by atoms with Gasteiger partial charge in [-0.05, 0) is 17.2 Å². The summed E-state index contributed by atoms with van der Waals surface area (Å²) in [6, 6.07) is 9.71. The third-order valence-corrected chi connectivity index (χ3v) is 2.55. The molecular formula is C12H8F3NS. The zero-order valence-corrected chi connectivity index (χ0v) is 9.40. The lowest BCUT2D eigenvalue weighted by Crippen LogP contribution is -2.07. The number of nitrogens with one attached hydrogen (secondary N) is 1. The maximum atomic E-state index is 12.8. The third kappa shape index (κ3) is 2.55. The number of hydrogen-bond donors (Lipinski definition) is 1. The molecule has 0 aliphatic carbocycles. The normalized spacial score (nSPS) is 11.5. The average Bonchev–Trinajstić information content (AvgIpc) is 2.28. The number of hydrogen-bond acceptors (Lipinski definition) is 1. The Bertz CT molecular complexity index is 572. The Labute approximate surface area is 101 Å². The molecule has 0 saturated heterocycles. The van der Waals surface area contributed by atoms with Crippen LogP contribution in [0.15, 0.2) is 42.6 Å². The first kappa shape index (κ1) is 11.9. The largest absolute Gasteiger partial charge is 0.418 e. The van der Waals surface area contributed by atoms with Crippen LogP contribution in [0.3, 0.4) is 0 Å². The van der Waals surface area contributed by atoms with Crippen molar-refractivity contribution in [2.45, 2.75) is 6.18 Å². The van der Waals surface area contributed by atoms with Gasteiger partial charge < -0.3 is 4.98 Å². The summed E-state index contributed by atoms with van der Waals surface area (Å²) in [5, 5.41) is 0. The van der Waals surface area contributed by atoms with Gasteiger partial charge in [0, 0.05) is 6.20 Å². The lowest BCUT2D eigenvalue weighted by molar-refractivity contribution is -0.137. The van der Waals surface area contributed by atoms with Crippen LogP contribution in [0.2, 0.25) is 0 Å². The fraction of sp³-hybridized carbons (Fsp3) is 0.0833. The van der Waals surface area contributed by atoms with Gasteiger partial charge in [-0.25, -0.2) is 0 Å². The summed E-state index contributed by atoms with van der Waals surface area (Å²) in [7, 11) is 0. The van der Waals surface area contributed by atoms with Crippen molar-refractivity contribution in [1.29, 1.82) is 0 Å². The Morgan fingerprint density at radius 1 is 1.06 bits per heavy atom. The Kier molecular flexibility index (Phi) is 3.02. The minimum atomic E-state index is -4.40. The second-order valence-corrected chi connectivity index (χ2v) is 3.93. The van der Waals surface area contributed by atoms with Gasteiger partial charge >= 0.3 is 6.18 Å². The summed E-state index contributed by atoms with van der Waals surface area (Å²) in [4.78, 5) is 2.41. The number of aromatic amines is 1. The van der Waals surface area contributed by atoms with Gasteiger partial charge in [0.25, 0.3) is 0 Å². The van der Waals surface area contributed by atoms with Crippen LogP contribution in [0, 0.1) is 4.64 Å². The molecule has 2 aromatic rings. The molecule has 0 saturated carbocycles. The summed E-state index contributed by atoms with van der Waals surface area (Å²) in [5.74, 6) is 0. The van der Waals surface area contributed by atoms with E-state index in [1.165, 1.54) is 6.07 Å². The van der Waals surface area contributed by atoms with Crippen LogP contribution in [0.5, 0.6) is 0 Å². The SMILES string of the molecule is FC(F)(F)c1c[nH]c(=S)cc1-c1ccccc1. The third-order valence-electron chi connectivity index (χ3n) is 2.31. The Balaban J connectivity index is 2.68. The molecule has 17 heavy (non-hydrogen) atoms. The van der Waals surface area contributed by atoms with Gasteiger partial charge in [0.1, 0.15) is 4.64 Å². The summed E-state index contributed by atoms with van der Waals surface area (Å²) >= 11 is 4.86. The molecule has 0 aliphatic rings. The van der Waals surface area contributed by atoms with E-state index in [9.17, 15) is 13.2 Å². The van der Waals surface area contributed by atoms with E-state index in [-0.39, 0.29) is 10.2 Å². The standard InChI is InChI=1S/C12H8F3NS/c13-12(14,15)10-7-16-11(17)6-9(10)8-4-2-1-3-5-8/h1-7H,(H,16,17). The summed E-state index contributed by atoms with van der Waals surface area (Å²) < 4.78 is 38.7. The van der Waals surface area contributed by atoms with Crippen molar-refractivity contribution in [2.75, 3.05) is 0 Å². The first-order valence-electron chi connectivity index (χ1n) is 4.84. The molecule has 0 spiro atoms. The van der Waals surface area contributed by atoms with Crippen molar-refractivity contribution in [3.05, 3.63) is 52.8 Å². The minimum absolute atomic E-state index is 0.0989. The molecule has 1 N–H and O–H groups in total. The van der Waals surface area contributed by atoms with Crippen LogP contribution in [0.1, 0.15) is 5.56 Å². The van der Waals surface area contributed by atoms with Crippen LogP contribution in [0.25, 0.3) is 11.1 Å². The number of benzene rings is 1. The van der Waals surface area contributed by atoms with E-state index < -0.39 is 11.7 Å². The Morgan fingerprint density at radius 2 is 1.71 bits per heavy atom. The highest BCUT2D eigenvalue weighted by atomic mass is 32.1. The highest BCUT2D eigenvalue weighted by Gasteiger charge is 2.33. The summed E-state index contributed by atoms with van der Waals surface area (Å²) in [6.07, 6.45) is -3.49. The molecule has 0 bridgehead atoms. The number of rotatable bonds is 1. The average molecular weight is 255 g/mol. The number of pyridine rings is 1. The molecule has 1 heterocycles. The minimum Gasteiger partial charge on any atom is -0.352 e. The van der Waals surface area contributed by atoms with Crippen LogP contribution in [-0.4, -0.2) is 4.98 Å². The monoisotopic (exact) mass is 255 g/mol. The van der Waals surface area contributed by atoms with Gasteiger partial charge in [-0.15, -0.1) is 0 Å². The smallest absolute Gasteiger partial charge is 0.352 e. The van der Waals surface area contributed by atoms with Gasteiger partial charge in [0.15, 0.2) is 0 Å². The molecule has 0 fully saturated rings. The predicted octanol–water partition coefficient (Wildman–Crippen LogP) is 4.43. The number of aromatic nitrogens is 1. The van der Waals surface area contributed by atoms with Crippen LogP contribution in [0.4, 0.5) is 13.2 Å². The van der Waals surface area contributed by atoms with E-state index in [0.717, 1.165) is 6.20 Å². The van der Waals surface area contributed by atoms with Crippen LogP contribution >= 0.6 is 12.2 Å². The van der Waals surface area contributed by atoms with Crippen molar-refractivity contribution in [1.82, 2.24) is 4.98 Å². The molecule has 2 rings (SSSR count). The van der Waals surface area contributed by atoms with Gasteiger partial charge in [-0.3, -0.25) is 0 Å². The molecule has 1 aromatic heterocycles.